The molecular formula is C11H20FN3O2. The van der Waals surface area contributed by atoms with Crippen molar-refractivity contribution in [2.24, 2.45) is 5.73 Å². The molecule has 0 rings (SSSR count). The fourth-order valence-corrected chi connectivity index (χ4v) is 1.09. The molecule has 98 valence electrons. The molecule has 5 nitrogen and oxygen atoms in total. The summed E-state index contributed by atoms with van der Waals surface area (Å²) in [4.78, 5) is 10.7. The van der Waals surface area contributed by atoms with E-state index >= 15 is 0 Å². The average Bonchev–Trinajstić information content (AvgIpc) is 2.28. The molecule has 0 radical (unpaired) electrons. The van der Waals surface area contributed by atoms with E-state index in [-0.39, 0.29) is 6.42 Å². The lowest BCUT2D eigenvalue weighted by Gasteiger charge is -2.17. The highest BCUT2D eigenvalue weighted by atomic mass is 19.1. The molecule has 0 aliphatic heterocycles. The van der Waals surface area contributed by atoms with Gasteiger partial charge in [-0.15, -0.1) is 0 Å². The van der Waals surface area contributed by atoms with Gasteiger partial charge in [0.25, 0.3) is 0 Å². The molecule has 5 N–H and O–H groups in total. The van der Waals surface area contributed by atoms with E-state index in [1.165, 1.54) is 13.1 Å². The highest BCUT2D eigenvalue weighted by molar-refractivity contribution is 5.78. The molecule has 0 bridgehead atoms. The summed E-state index contributed by atoms with van der Waals surface area (Å²) in [6.45, 7) is 1.79. The third-order valence-corrected chi connectivity index (χ3v) is 2.34. The molecule has 0 heterocycles. The van der Waals surface area contributed by atoms with Crippen LogP contribution in [0.25, 0.3) is 0 Å². The smallest absolute Gasteiger partial charge is 0.323 e. The summed E-state index contributed by atoms with van der Waals surface area (Å²) >= 11 is 0. The number of carboxylic acids is 1. The second kappa shape index (κ2) is 7.92. The van der Waals surface area contributed by atoms with Crippen LogP contribution in [0.1, 0.15) is 19.8 Å². The van der Waals surface area contributed by atoms with Crippen molar-refractivity contribution in [3.05, 3.63) is 11.6 Å². The Morgan fingerprint density at radius 1 is 1.65 bits per heavy atom. The quantitative estimate of drug-likeness (QED) is 0.273. The average molecular weight is 245 g/mol. The molecule has 0 aromatic heterocycles. The van der Waals surface area contributed by atoms with E-state index in [0.29, 0.717) is 25.1 Å². The Hall–Kier alpha value is -1.27. The largest absolute Gasteiger partial charge is 0.480 e. The number of carbonyl (C=O) groups is 1. The van der Waals surface area contributed by atoms with Gasteiger partial charge in [0.05, 0.1) is 0 Å². The first kappa shape index (κ1) is 15.7. The van der Waals surface area contributed by atoms with Gasteiger partial charge in [-0.05, 0) is 31.9 Å². The number of alkyl halides is 1. The van der Waals surface area contributed by atoms with Crippen molar-refractivity contribution in [2.75, 3.05) is 19.8 Å². The highest BCUT2D eigenvalue weighted by Gasteiger charge is 2.26. The van der Waals surface area contributed by atoms with Crippen molar-refractivity contribution in [1.82, 2.24) is 5.32 Å². The fraction of sp³-hybridized carbons (Fsp3) is 0.636. The topological polar surface area (TPSA) is 99.2 Å². The summed E-state index contributed by atoms with van der Waals surface area (Å²) in [6, 6.07) is 0. The van der Waals surface area contributed by atoms with Crippen molar-refractivity contribution in [3.63, 3.8) is 0 Å². The van der Waals surface area contributed by atoms with Crippen LogP contribution < -0.4 is 11.1 Å². The number of nitrogens with one attached hydrogen (secondary N) is 2. The molecule has 0 saturated heterocycles. The molecule has 0 unspecified atom stereocenters. The van der Waals surface area contributed by atoms with Gasteiger partial charge in [-0.3, -0.25) is 4.79 Å². The first-order valence-corrected chi connectivity index (χ1v) is 5.40. The van der Waals surface area contributed by atoms with Crippen molar-refractivity contribution in [1.29, 1.82) is 5.41 Å². The molecule has 0 aromatic carbocycles. The zero-order valence-electron chi connectivity index (χ0n) is 10.0. The minimum atomic E-state index is -1.36. The van der Waals surface area contributed by atoms with Gasteiger partial charge in [0.2, 0.25) is 0 Å². The van der Waals surface area contributed by atoms with Crippen LogP contribution in [0.5, 0.6) is 0 Å². The first-order valence-electron chi connectivity index (χ1n) is 5.40. The summed E-state index contributed by atoms with van der Waals surface area (Å²) in [6.07, 6.45) is 3.35. The summed E-state index contributed by atoms with van der Waals surface area (Å²) in [5.74, 6) is -1.10. The van der Waals surface area contributed by atoms with E-state index in [1.54, 1.807) is 6.08 Å². The second-order valence-corrected chi connectivity index (χ2v) is 4.08. The van der Waals surface area contributed by atoms with E-state index in [0.717, 1.165) is 0 Å². The maximum Gasteiger partial charge on any atom is 0.323 e. The summed E-state index contributed by atoms with van der Waals surface area (Å²) in [7, 11) is 0. The van der Waals surface area contributed by atoms with Crippen LogP contribution in [0.4, 0.5) is 4.39 Å². The Balaban J connectivity index is 4.17. The Morgan fingerprint density at radius 3 is 2.76 bits per heavy atom. The lowest BCUT2D eigenvalue weighted by molar-refractivity contribution is -0.142. The minimum Gasteiger partial charge on any atom is -0.480 e. The SMILES string of the molecule is C[C@](N)(C/C=C(/CF)CCNCC=N)C(=O)O. The van der Waals surface area contributed by atoms with E-state index < -0.39 is 18.2 Å². The molecule has 0 spiro atoms. The molecular weight excluding hydrogens is 225 g/mol. The molecule has 1 atom stereocenters. The highest BCUT2D eigenvalue weighted by Crippen LogP contribution is 2.11. The normalized spacial score (nSPS) is 15.4. The molecule has 0 fully saturated rings. The number of rotatable bonds is 9. The number of hydrogen-bond acceptors (Lipinski definition) is 4. The van der Waals surface area contributed by atoms with Gasteiger partial charge >= 0.3 is 5.97 Å². The van der Waals surface area contributed by atoms with Gasteiger partial charge in [-0.1, -0.05) is 6.08 Å². The van der Waals surface area contributed by atoms with Crippen molar-refractivity contribution >= 4 is 12.2 Å². The fourth-order valence-electron chi connectivity index (χ4n) is 1.09. The van der Waals surface area contributed by atoms with Crippen LogP contribution in [0.3, 0.4) is 0 Å². The second-order valence-electron chi connectivity index (χ2n) is 4.08. The van der Waals surface area contributed by atoms with E-state index in [1.807, 2.05) is 0 Å². The standard InChI is InChI=1S/C11H20FN3O2/c1-11(14,10(16)17)4-2-9(8-12)3-6-15-7-5-13/h2,5,13,15H,3-4,6-8,14H2,1H3,(H,16,17)/b9-2+,13-5?/t11-/m0/s1. The third kappa shape index (κ3) is 6.80. The molecule has 0 aliphatic carbocycles. The maximum atomic E-state index is 12.6. The molecule has 0 aliphatic rings. The summed E-state index contributed by atoms with van der Waals surface area (Å²) in [5, 5.41) is 18.5. The van der Waals surface area contributed by atoms with Crippen LogP contribution >= 0.6 is 0 Å². The van der Waals surface area contributed by atoms with Crippen LogP contribution in [-0.4, -0.2) is 42.6 Å². The predicted molar refractivity (Wildman–Crippen MR) is 65.2 cm³/mol. The third-order valence-electron chi connectivity index (χ3n) is 2.34. The van der Waals surface area contributed by atoms with Crippen molar-refractivity contribution in [2.45, 2.75) is 25.3 Å². The van der Waals surface area contributed by atoms with E-state index in [4.69, 9.17) is 16.2 Å². The summed E-state index contributed by atoms with van der Waals surface area (Å²) < 4.78 is 12.6. The van der Waals surface area contributed by atoms with Crippen molar-refractivity contribution in [3.8, 4) is 0 Å². The lowest BCUT2D eigenvalue weighted by atomic mass is 9.97. The van der Waals surface area contributed by atoms with Gasteiger partial charge in [-0.2, -0.15) is 0 Å². The van der Waals surface area contributed by atoms with Crippen molar-refractivity contribution < 1.29 is 14.3 Å². The monoisotopic (exact) mass is 245 g/mol. The lowest BCUT2D eigenvalue weighted by Crippen LogP contribution is -2.44. The van der Waals surface area contributed by atoms with Crippen LogP contribution in [-0.2, 0) is 4.79 Å². The number of hydrogen-bond donors (Lipinski definition) is 4. The molecule has 0 amide bonds. The Bertz CT molecular complexity index is 290. The zero-order chi connectivity index (χ0) is 13.3. The molecule has 0 aromatic rings. The number of aliphatic carboxylic acids is 1. The molecule has 17 heavy (non-hydrogen) atoms. The number of nitrogens with two attached hydrogens (primary N) is 1. The predicted octanol–water partition coefficient (Wildman–Crippen LogP) is 0.704. The Kier molecular flexibility index (Phi) is 7.32. The van der Waals surface area contributed by atoms with Gasteiger partial charge in [-0.25, -0.2) is 4.39 Å². The first-order chi connectivity index (χ1) is 7.94. The Morgan fingerprint density at radius 2 is 2.29 bits per heavy atom. The minimum absolute atomic E-state index is 0.103. The molecule has 6 heteroatoms. The zero-order valence-corrected chi connectivity index (χ0v) is 10.0. The van der Waals surface area contributed by atoms with E-state index in [9.17, 15) is 9.18 Å². The van der Waals surface area contributed by atoms with Crippen LogP contribution in [0, 0.1) is 5.41 Å². The summed E-state index contributed by atoms with van der Waals surface area (Å²) in [5.41, 5.74) is 4.70. The number of halogens is 1. The van der Waals surface area contributed by atoms with E-state index in [2.05, 4.69) is 5.32 Å². The Labute approximate surface area is 100 Å². The van der Waals surface area contributed by atoms with Crippen LogP contribution in [0.15, 0.2) is 11.6 Å². The van der Waals surface area contributed by atoms with Gasteiger partial charge in [0.15, 0.2) is 0 Å². The van der Waals surface area contributed by atoms with Gasteiger partial charge in [0.1, 0.15) is 12.2 Å². The number of carboxylic acid groups (broad SMARTS) is 1. The van der Waals surface area contributed by atoms with Gasteiger partial charge in [0, 0.05) is 12.8 Å². The molecule has 0 saturated carbocycles. The van der Waals surface area contributed by atoms with Crippen LogP contribution in [0.2, 0.25) is 0 Å². The maximum absolute atomic E-state index is 12.6. The van der Waals surface area contributed by atoms with Gasteiger partial charge < -0.3 is 21.6 Å².